The summed E-state index contributed by atoms with van der Waals surface area (Å²) >= 11 is 0. The number of aliphatic hydroxyl groups is 1. The van der Waals surface area contributed by atoms with Gasteiger partial charge < -0.3 is 10.4 Å². The predicted octanol–water partition coefficient (Wildman–Crippen LogP) is 2.12. The molecule has 1 fully saturated rings. The van der Waals surface area contributed by atoms with Gasteiger partial charge >= 0.3 is 0 Å². The van der Waals surface area contributed by atoms with Crippen LogP contribution >= 0.6 is 0 Å². The summed E-state index contributed by atoms with van der Waals surface area (Å²) in [5.74, 6) is 0. The van der Waals surface area contributed by atoms with E-state index < -0.39 is 5.60 Å². The third-order valence-electron chi connectivity index (χ3n) is 3.67. The van der Waals surface area contributed by atoms with Crippen molar-refractivity contribution in [3.05, 3.63) is 35.9 Å². The van der Waals surface area contributed by atoms with Crippen LogP contribution in [0.3, 0.4) is 0 Å². The molecule has 0 spiro atoms. The SMILES string of the molecule is CC[C@](O)(Cc1ccccc1)[C@H]1CCCN1. The summed E-state index contributed by atoms with van der Waals surface area (Å²) in [6.07, 6.45) is 3.83. The third-order valence-corrected chi connectivity index (χ3v) is 3.67. The third kappa shape index (κ3) is 2.45. The quantitative estimate of drug-likeness (QED) is 0.813. The Balaban J connectivity index is 2.09. The molecule has 0 aliphatic carbocycles. The maximum absolute atomic E-state index is 10.7. The highest BCUT2D eigenvalue weighted by Gasteiger charge is 2.36. The molecule has 2 nitrogen and oxygen atoms in total. The first-order valence-electron chi connectivity index (χ1n) is 6.24. The molecule has 1 aromatic carbocycles. The lowest BCUT2D eigenvalue weighted by molar-refractivity contribution is 0.00400. The van der Waals surface area contributed by atoms with Crippen LogP contribution in [0.25, 0.3) is 0 Å². The fourth-order valence-electron chi connectivity index (χ4n) is 2.59. The summed E-state index contributed by atoms with van der Waals surface area (Å²) in [5.41, 5.74) is 0.637. The summed E-state index contributed by atoms with van der Waals surface area (Å²) < 4.78 is 0. The van der Waals surface area contributed by atoms with E-state index in [1.807, 2.05) is 18.2 Å². The zero-order valence-corrected chi connectivity index (χ0v) is 9.95. The zero-order chi connectivity index (χ0) is 11.4. The number of hydrogen-bond acceptors (Lipinski definition) is 2. The highest BCUT2D eigenvalue weighted by Crippen LogP contribution is 2.26. The molecule has 2 atom stereocenters. The van der Waals surface area contributed by atoms with Crippen molar-refractivity contribution in [1.29, 1.82) is 0 Å². The maximum Gasteiger partial charge on any atom is 0.0837 e. The summed E-state index contributed by atoms with van der Waals surface area (Å²) in [5, 5.41) is 14.1. The Morgan fingerprint density at radius 1 is 1.38 bits per heavy atom. The van der Waals surface area contributed by atoms with Crippen LogP contribution in [0.15, 0.2) is 30.3 Å². The van der Waals surface area contributed by atoms with Gasteiger partial charge in [0.05, 0.1) is 5.60 Å². The van der Waals surface area contributed by atoms with E-state index >= 15 is 0 Å². The molecular formula is C14H21NO. The van der Waals surface area contributed by atoms with Crippen molar-refractivity contribution in [3.63, 3.8) is 0 Å². The van der Waals surface area contributed by atoms with Gasteiger partial charge in [-0.25, -0.2) is 0 Å². The molecule has 0 saturated carbocycles. The molecule has 2 N–H and O–H groups in total. The molecule has 1 aromatic rings. The molecule has 88 valence electrons. The highest BCUT2D eigenvalue weighted by atomic mass is 16.3. The first-order chi connectivity index (χ1) is 7.74. The second kappa shape index (κ2) is 4.98. The van der Waals surface area contributed by atoms with E-state index in [0.717, 1.165) is 25.8 Å². The van der Waals surface area contributed by atoms with E-state index in [-0.39, 0.29) is 6.04 Å². The van der Waals surface area contributed by atoms with Crippen LogP contribution < -0.4 is 5.32 Å². The average molecular weight is 219 g/mol. The molecule has 16 heavy (non-hydrogen) atoms. The molecule has 0 radical (unpaired) electrons. The van der Waals surface area contributed by atoms with E-state index in [0.29, 0.717) is 0 Å². The largest absolute Gasteiger partial charge is 0.388 e. The monoisotopic (exact) mass is 219 g/mol. The van der Waals surface area contributed by atoms with Crippen LogP contribution in [-0.4, -0.2) is 23.3 Å². The molecule has 1 aliphatic heterocycles. The van der Waals surface area contributed by atoms with Crippen molar-refractivity contribution in [3.8, 4) is 0 Å². The number of benzene rings is 1. The van der Waals surface area contributed by atoms with Crippen molar-refractivity contribution in [2.75, 3.05) is 6.54 Å². The Labute approximate surface area is 97.7 Å². The van der Waals surface area contributed by atoms with Gasteiger partial charge in [-0.05, 0) is 31.4 Å². The minimum Gasteiger partial charge on any atom is -0.388 e. The predicted molar refractivity (Wildman–Crippen MR) is 66.4 cm³/mol. The van der Waals surface area contributed by atoms with Crippen LogP contribution in [0.5, 0.6) is 0 Å². The van der Waals surface area contributed by atoms with E-state index in [1.54, 1.807) is 0 Å². The minimum absolute atomic E-state index is 0.262. The molecule has 1 heterocycles. The lowest BCUT2D eigenvalue weighted by Gasteiger charge is -2.33. The van der Waals surface area contributed by atoms with E-state index in [1.165, 1.54) is 12.0 Å². The zero-order valence-electron chi connectivity index (χ0n) is 9.95. The fraction of sp³-hybridized carbons (Fsp3) is 0.571. The summed E-state index contributed by atoms with van der Waals surface area (Å²) in [6, 6.07) is 10.5. The van der Waals surface area contributed by atoms with Gasteiger partial charge in [-0.3, -0.25) is 0 Å². The fourth-order valence-corrected chi connectivity index (χ4v) is 2.59. The van der Waals surface area contributed by atoms with Gasteiger partial charge in [0, 0.05) is 12.5 Å². The smallest absolute Gasteiger partial charge is 0.0837 e. The van der Waals surface area contributed by atoms with Gasteiger partial charge in [-0.2, -0.15) is 0 Å². The van der Waals surface area contributed by atoms with Gasteiger partial charge in [0.2, 0.25) is 0 Å². The number of hydrogen-bond donors (Lipinski definition) is 2. The van der Waals surface area contributed by atoms with E-state index in [2.05, 4.69) is 24.4 Å². The summed E-state index contributed by atoms with van der Waals surface area (Å²) in [4.78, 5) is 0. The normalized spacial score (nSPS) is 24.2. The second-order valence-corrected chi connectivity index (χ2v) is 4.77. The van der Waals surface area contributed by atoms with Crippen LogP contribution in [0.1, 0.15) is 31.7 Å². The van der Waals surface area contributed by atoms with Crippen molar-refractivity contribution < 1.29 is 5.11 Å². The first-order valence-corrected chi connectivity index (χ1v) is 6.24. The minimum atomic E-state index is -0.585. The maximum atomic E-state index is 10.7. The Bertz CT molecular complexity index is 319. The van der Waals surface area contributed by atoms with Gasteiger partial charge in [-0.15, -0.1) is 0 Å². The van der Waals surface area contributed by atoms with Gasteiger partial charge in [0.1, 0.15) is 0 Å². The molecule has 0 unspecified atom stereocenters. The molecular weight excluding hydrogens is 198 g/mol. The van der Waals surface area contributed by atoms with Gasteiger partial charge in [0.15, 0.2) is 0 Å². The first kappa shape index (κ1) is 11.6. The standard InChI is InChI=1S/C14H21NO/c1-2-14(16,13-9-6-10-15-13)11-12-7-4-3-5-8-12/h3-5,7-8,13,15-16H,2,6,9-11H2,1H3/t13-,14+/m1/s1. The molecule has 1 saturated heterocycles. The lowest BCUT2D eigenvalue weighted by atomic mass is 9.84. The van der Waals surface area contributed by atoms with E-state index in [4.69, 9.17) is 0 Å². The number of nitrogens with one attached hydrogen (secondary N) is 1. The number of rotatable bonds is 4. The van der Waals surface area contributed by atoms with Crippen LogP contribution in [0.4, 0.5) is 0 Å². The van der Waals surface area contributed by atoms with Crippen molar-refractivity contribution in [1.82, 2.24) is 5.32 Å². The Morgan fingerprint density at radius 2 is 2.12 bits per heavy atom. The highest BCUT2D eigenvalue weighted by molar-refractivity contribution is 5.18. The summed E-state index contributed by atoms with van der Waals surface area (Å²) in [7, 11) is 0. The van der Waals surface area contributed by atoms with Gasteiger partial charge in [-0.1, -0.05) is 37.3 Å². The van der Waals surface area contributed by atoms with Crippen molar-refractivity contribution in [2.24, 2.45) is 0 Å². The van der Waals surface area contributed by atoms with Crippen molar-refractivity contribution >= 4 is 0 Å². The molecule has 0 amide bonds. The Morgan fingerprint density at radius 3 is 2.69 bits per heavy atom. The van der Waals surface area contributed by atoms with Crippen molar-refractivity contribution in [2.45, 2.75) is 44.2 Å². The topological polar surface area (TPSA) is 32.3 Å². The molecule has 1 aliphatic rings. The molecule has 2 heteroatoms. The Hall–Kier alpha value is -0.860. The lowest BCUT2D eigenvalue weighted by Crippen LogP contribution is -2.48. The average Bonchev–Trinajstić information content (AvgIpc) is 2.84. The van der Waals surface area contributed by atoms with Gasteiger partial charge in [0.25, 0.3) is 0 Å². The van der Waals surface area contributed by atoms with E-state index in [9.17, 15) is 5.11 Å². The Kier molecular flexibility index (Phi) is 3.62. The van der Waals surface area contributed by atoms with Crippen LogP contribution in [-0.2, 0) is 6.42 Å². The van der Waals surface area contributed by atoms with Crippen LogP contribution in [0.2, 0.25) is 0 Å². The molecule has 0 aromatic heterocycles. The molecule has 0 bridgehead atoms. The summed E-state index contributed by atoms with van der Waals surface area (Å²) in [6.45, 7) is 3.12. The molecule has 2 rings (SSSR count). The van der Waals surface area contributed by atoms with Crippen LogP contribution in [0, 0.1) is 0 Å². The second-order valence-electron chi connectivity index (χ2n) is 4.77.